The third-order valence-corrected chi connectivity index (χ3v) is 4.62. The van der Waals surface area contributed by atoms with Crippen molar-refractivity contribution in [2.45, 2.75) is 43.7 Å². The highest BCUT2D eigenvalue weighted by Crippen LogP contribution is 2.40. The SMILES string of the molecule is CN(CC1CCCO1)C(CN)c1cccc(C2CC2)c1. The molecule has 2 unspecified atom stereocenters. The summed E-state index contributed by atoms with van der Waals surface area (Å²) >= 11 is 0. The van der Waals surface area contributed by atoms with E-state index in [0.29, 0.717) is 18.7 Å². The molecule has 1 aromatic rings. The average molecular weight is 274 g/mol. The monoisotopic (exact) mass is 274 g/mol. The largest absolute Gasteiger partial charge is 0.377 e. The van der Waals surface area contributed by atoms with Crippen LogP contribution < -0.4 is 5.73 Å². The van der Waals surface area contributed by atoms with Crippen molar-refractivity contribution in [1.82, 2.24) is 4.90 Å². The van der Waals surface area contributed by atoms with Gasteiger partial charge in [-0.05, 0) is 49.8 Å². The Morgan fingerprint density at radius 3 is 2.85 bits per heavy atom. The molecular weight excluding hydrogens is 248 g/mol. The first-order valence-electron chi connectivity index (χ1n) is 7.89. The summed E-state index contributed by atoms with van der Waals surface area (Å²) in [4.78, 5) is 2.36. The van der Waals surface area contributed by atoms with Crippen LogP contribution in [0.2, 0.25) is 0 Å². The normalized spacial score (nSPS) is 24.2. The van der Waals surface area contributed by atoms with Gasteiger partial charge in [-0.1, -0.05) is 24.3 Å². The maximum Gasteiger partial charge on any atom is 0.0702 e. The van der Waals surface area contributed by atoms with Crippen molar-refractivity contribution in [2.75, 3.05) is 26.7 Å². The Bertz CT molecular complexity index is 438. The van der Waals surface area contributed by atoms with Crippen molar-refractivity contribution in [2.24, 2.45) is 5.73 Å². The van der Waals surface area contributed by atoms with Gasteiger partial charge in [0.1, 0.15) is 0 Å². The number of nitrogens with two attached hydrogens (primary N) is 1. The molecule has 110 valence electrons. The molecule has 2 aliphatic rings. The Kier molecular flexibility index (Phi) is 4.39. The van der Waals surface area contributed by atoms with Crippen LogP contribution in [0.5, 0.6) is 0 Å². The highest BCUT2D eigenvalue weighted by molar-refractivity contribution is 5.31. The minimum atomic E-state index is 0.304. The number of likely N-dealkylation sites (N-methyl/N-ethyl adjacent to an activating group) is 1. The molecule has 3 rings (SSSR count). The Morgan fingerprint density at radius 2 is 2.20 bits per heavy atom. The standard InChI is InChI=1S/C17H26N2O/c1-19(12-16-6-3-9-20-16)17(11-18)15-5-2-4-14(10-15)13-7-8-13/h2,4-5,10,13,16-17H,3,6-9,11-12,18H2,1H3. The predicted molar refractivity (Wildman–Crippen MR) is 81.8 cm³/mol. The summed E-state index contributed by atoms with van der Waals surface area (Å²) in [5.41, 5.74) is 8.89. The summed E-state index contributed by atoms with van der Waals surface area (Å²) in [5, 5.41) is 0. The van der Waals surface area contributed by atoms with E-state index in [9.17, 15) is 0 Å². The van der Waals surface area contributed by atoms with Crippen molar-refractivity contribution < 1.29 is 4.74 Å². The second kappa shape index (κ2) is 6.25. The van der Waals surface area contributed by atoms with Gasteiger partial charge in [0.15, 0.2) is 0 Å². The molecule has 0 bridgehead atoms. The van der Waals surface area contributed by atoms with E-state index in [1.807, 2.05) is 0 Å². The molecule has 3 heteroatoms. The molecule has 2 atom stereocenters. The van der Waals surface area contributed by atoms with Crippen LogP contribution >= 0.6 is 0 Å². The number of nitrogens with zero attached hydrogens (tertiary/aromatic N) is 1. The van der Waals surface area contributed by atoms with E-state index in [2.05, 4.69) is 36.2 Å². The van der Waals surface area contributed by atoms with E-state index < -0.39 is 0 Å². The van der Waals surface area contributed by atoms with Gasteiger partial charge in [0.2, 0.25) is 0 Å². The highest BCUT2D eigenvalue weighted by Gasteiger charge is 2.26. The predicted octanol–water partition coefficient (Wildman–Crippen LogP) is 2.67. The van der Waals surface area contributed by atoms with Gasteiger partial charge in [0.05, 0.1) is 6.10 Å². The van der Waals surface area contributed by atoms with E-state index in [1.165, 1.54) is 36.8 Å². The first-order valence-corrected chi connectivity index (χ1v) is 7.89. The van der Waals surface area contributed by atoms with E-state index >= 15 is 0 Å². The molecule has 3 nitrogen and oxygen atoms in total. The lowest BCUT2D eigenvalue weighted by atomic mass is 10.0. The summed E-state index contributed by atoms with van der Waals surface area (Å²) in [7, 11) is 2.17. The number of rotatable bonds is 6. The summed E-state index contributed by atoms with van der Waals surface area (Å²) in [6.07, 6.45) is 5.47. The smallest absolute Gasteiger partial charge is 0.0702 e. The third-order valence-electron chi connectivity index (χ3n) is 4.62. The fourth-order valence-electron chi connectivity index (χ4n) is 3.24. The zero-order valence-electron chi connectivity index (χ0n) is 12.4. The third kappa shape index (κ3) is 3.22. The zero-order valence-corrected chi connectivity index (χ0v) is 12.4. The van der Waals surface area contributed by atoms with Crippen LogP contribution in [0.3, 0.4) is 0 Å². The quantitative estimate of drug-likeness (QED) is 0.867. The second-order valence-electron chi connectivity index (χ2n) is 6.27. The van der Waals surface area contributed by atoms with Gasteiger partial charge in [0, 0.05) is 25.7 Å². The van der Waals surface area contributed by atoms with E-state index in [0.717, 1.165) is 19.1 Å². The molecule has 1 heterocycles. The van der Waals surface area contributed by atoms with Gasteiger partial charge in [0.25, 0.3) is 0 Å². The molecule has 0 spiro atoms. The number of hydrogen-bond acceptors (Lipinski definition) is 3. The number of ether oxygens (including phenoxy) is 1. The minimum Gasteiger partial charge on any atom is -0.377 e. The summed E-state index contributed by atoms with van der Waals surface area (Å²) in [5.74, 6) is 0.803. The molecule has 2 N–H and O–H groups in total. The lowest BCUT2D eigenvalue weighted by molar-refractivity contribution is 0.0689. The molecule has 0 aromatic heterocycles. The van der Waals surface area contributed by atoms with Gasteiger partial charge in [-0.2, -0.15) is 0 Å². The molecule has 1 aliphatic heterocycles. The second-order valence-corrected chi connectivity index (χ2v) is 6.27. The lowest BCUT2D eigenvalue weighted by Crippen LogP contribution is -2.36. The van der Waals surface area contributed by atoms with Gasteiger partial charge >= 0.3 is 0 Å². The Morgan fingerprint density at radius 1 is 1.35 bits per heavy atom. The van der Waals surface area contributed by atoms with Crippen LogP contribution in [-0.2, 0) is 4.74 Å². The molecule has 0 radical (unpaired) electrons. The van der Waals surface area contributed by atoms with Gasteiger partial charge in [-0.25, -0.2) is 0 Å². The number of hydrogen-bond donors (Lipinski definition) is 1. The van der Waals surface area contributed by atoms with E-state index in [1.54, 1.807) is 0 Å². The fraction of sp³-hybridized carbons (Fsp3) is 0.647. The summed E-state index contributed by atoms with van der Waals surface area (Å²) in [6.45, 7) is 2.57. The highest BCUT2D eigenvalue weighted by atomic mass is 16.5. The molecule has 1 aliphatic carbocycles. The molecule has 1 aromatic carbocycles. The lowest BCUT2D eigenvalue weighted by Gasteiger charge is -2.29. The summed E-state index contributed by atoms with van der Waals surface area (Å²) in [6, 6.07) is 9.33. The summed E-state index contributed by atoms with van der Waals surface area (Å²) < 4.78 is 5.74. The minimum absolute atomic E-state index is 0.304. The molecular formula is C17H26N2O. The van der Waals surface area contributed by atoms with Crippen LogP contribution in [0.4, 0.5) is 0 Å². The molecule has 0 amide bonds. The van der Waals surface area contributed by atoms with Crippen LogP contribution in [0.25, 0.3) is 0 Å². The van der Waals surface area contributed by atoms with Crippen LogP contribution in [0.15, 0.2) is 24.3 Å². The zero-order chi connectivity index (χ0) is 13.9. The van der Waals surface area contributed by atoms with Crippen LogP contribution in [0, 0.1) is 0 Å². The van der Waals surface area contributed by atoms with E-state index in [-0.39, 0.29) is 0 Å². The van der Waals surface area contributed by atoms with Gasteiger partial charge in [-0.3, -0.25) is 4.90 Å². The van der Waals surface area contributed by atoms with Crippen LogP contribution in [0.1, 0.15) is 48.8 Å². The van der Waals surface area contributed by atoms with Gasteiger partial charge < -0.3 is 10.5 Å². The van der Waals surface area contributed by atoms with Crippen molar-refractivity contribution >= 4 is 0 Å². The molecule has 1 saturated heterocycles. The van der Waals surface area contributed by atoms with E-state index in [4.69, 9.17) is 10.5 Å². The maximum absolute atomic E-state index is 6.04. The molecule has 2 fully saturated rings. The van der Waals surface area contributed by atoms with Crippen molar-refractivity contribution in [3.05, 3.63) is 35.4 Å². The van der Waals surface area contributed by atoms with Crippen molar-refractivity contribution in [3.8, 4) is 0 Å². The first kappa shape index (κ1) is 14.1. The van der Waals surface area contributed by atoms with Crippen LogP contribution in [-0.4, -0.2) is 37.7 Å². The Hall–Kier alpha value is -0.900. The number of benzene rings is 1. The van der Waals surface area contributed by atoms with Crippen molar-refractivity contribution in [3.63, 3.8) is 0 Å². The Labute approximate surface area is 122 Å². The van der Waals surface area contributed by atoms with Gasteiger partial charge in [-0.15, -0.1) is 0 Å². The molecule has 1 saturated carbocycles. The first-order chi connectivity index (χ1) is 9.78. The molecule has 20 heavy (non-hydrogen) atoms. The average Bonchev–Trinajstić information content (AvgIpc) is 3.19. The Balaban J connectivity index is 1.69. The topological polar surface area (TPSA) is 38.5 Å². The fourth-order valence-corrected chi connectivity index (χ4v) is 3.24. The van der Waals surface area contributed by atoms with Crippen molar-refractivity contribution in [1.29, 1.82) is 0 Å². The maximum atomic E-state index is 6.04.